The van der Waals surface area contributed by atoms with Gasteiger partial charge in [0, 0.05) is 17.2 Å². The largest absolute Gasteiger partial charge is 0.371 e. The summed E-state index contributed by atoms with van der Waals surface area (Å²) in [5, 5.41) is 3.31. The molecule has 1 aromatic heterocycles. The first-order valence-electron chi connectivity index (χ1n) is 3.88. The van der Waals surface area contributed by atoms with Gasteiger partial charge in [0.25, 0.3) is 10.3 Å². The van der Waals surface area contributed by atoms with Crippen molar-refractivity contribution in [2.75, 3.05) is 0 Å². The topological polar surface area (TPSA) is 95.2 Å². The van der Waals surface area contributed by atoms with E-state index in [1.807, 2.05) is 0 Å². The zero-order valence-corrected chi connectivity index (χ0v) is 10.2. The van der Waals surface area contributed by atoms with Crippen LogP contribution >= 0.6 is 22.3 Å². The first kappa shape index (κ1) is 13.2. The Morgan fingerprint density at radius 3 is 2.75 bits per heavy atom. The zero-order chi connectivity index (χ0) is 12.3. The molecule has 0 aromatic carbocycles. The first-order chi connectivity index (χ1) is 7.47. The molecule has 1 atom stereocenters. The van der Waals surface area contributed by atoms with Crippen molar-refractivity contribution in [2.45, 2.75) is 13.5 Å². The smallest absolute Gasteiger partial charge is 0.266 e. The molecule has 1 amide bonds. The van der Waals surface area contributed by atoms with E-state index in [4.69, 9.17) is 22.3 Å². The number of nitrogens with one attached hydrogen (secondary N) is 1. The molecule has 0 saturated heterocycles. The Labute approximate surface area is 101 Å². The number of hydrogen-bond acceptors (Lipinski definition) is 5. The summed E-state index contributed by atoms with van der Waals surface area (Å²) in [4.78, 5) is 22.7. The Bertz CT molecular complexity index is 483. The fourth-order valence-electron chi connectivity index (χ4n) is 0.882. The predicted octanol–water partition coefficient (Wildman–Crippen LogP) is 0.0249. The number of amides is 1. The van der Waals surface area contributed by atoms with Crippen LogP contribution in [0, 0.1) is 0 Å². The van der Waals surface area contributed by atoms with Crippen LogP contribution in [0.4, 0.5) is 4.79 Å². The zero-order valence-electron chi connectivity index (χ0n) is 7.85. The molecule has 0 aliphatic carbocycles. The third-order valence-electron chi connectivity index (χ3n) is 1.52. The molecule has 0 radical (unpaired) electrons. The van der Waals surface area contributed by atoms with Crippen LogP contribution in [0.5, 0.6) is 0 Å². The Morgan fingerprint density at radius 1 is 1.69 bits per heavy atom. The monoisotopic (exact) mass is 288 g/mol. The molecular weight excluding hydrogens is 283 g/mol. The molecule has 11 heteroatoms. The van der Waals surface area contributed by atoms with Crippen molar-refractivity contribution in [3.63, 3.8) is 0 Å². The molecule has 90 valence electrons. The number of hydroxylamine groups is 1. The van der Waals surface area contributed by atoms with Gasteiger partial charge in [-0.05, 0) is 18.5 Å². The molecule has 1 rings (SSSR count). The molecule has 8 nitrogen and oxygen atoms in total. The summed E-state index contributed by atoms with van der Waals surface area (Å²) >= 11 is 5.58. The molecule has 0 spiro atoms. The van der Waals surface area contributed by atoms with Gasteiger partial charge in [-0.25, -0.2) is 13.8 Å². The number of nitrogens with zero attached hydrogens (tertiary/aromatic N) is 3. The Morgan fingerprint density at radius 2 is 2.31 bits per heavy atom. The van der Waals surface area contributed by atoms with Gasteiger partial charge in [0.15, 0.2) is 0 Å². The van der Waals surface area contributed by atoms with Gasteiger partial charge in [-0.3, -0.25) is 4.57 Å². The van der Waals surface area contributed by atoms with Crippen LogP contribution in [0.15, 0.2) is 4.79 Å². The van der Waals surface area contributed by atoms with Gasteiger partial charge in [-0.1, -0.05) is 0 Å². The summed E-state index contributed by atoms with van der Waals surface area (Å²) in [5.74, 6) is 0. The molecule has 0 aliphatic heterocycles. The average molecular weight is 289 g/mol. The van der Waals surface area contributed by atoms with Crippen LogP contribution in [0.2, 0.25) is 5.28 Å². The van der Waals surface area contributed by atoms with Crippen molar-refractivity contribution >= 4 is 38.6 Å². The summed E-state index contributed by atoms with van der Waals surface area (Å²) in [7, 11) is 2.70. The van der Waals surface area contributed by atoms with Crippen LogP contribution < -0.4 is 11.2 Å². The summed E-state index contributed by atoms with van der Waals surface area (Å²) in [6.07, 6.45) is 0. The van der Waals surface area contributed by atoms with E-state index >= 15 is 0 Å². The van der Waals surface area contributed by atoms with E-state index in [-0.39, 0.29) is 11.8 Å². The van der Waals surface area contributed by atoms with Gasteiger partial charge in [0.05, 0.1) is 0 Å². The highest BCUT2D eigenvalue weighted by Gasteiger charge is 2.16. The lowest BCUT2D eigenvalue weighted by molar-refractivity contribution is 0.188. The standard InChI is InChI=1S/C5H6Cl2N4O4S/c1-2-10-3(6)8-11(5(10)13)4(12)9-15-16(7)14/h2H2,1H3,(H,9,12). The number of carbonyl (C=O) groups is 1. The predicted molar refractivity (Wildman–Crippen MR) is 56.2 cm³/mol. The number of hydrogen-bond donors (Lipinski definition) is 1. The third kappa shape index (κ3) is 2.82. The molecule has 1 unspecified atom stereocenters. The summed E-state index contributed by atoms with van der Waals surface area (Å²) in [6.45, 7) is 1.91. The molecule has 0 aliphatic rings. The number of halogens is 2. The van der Waals surface area contributed by atoms with E-state index in [1.165, 1.54) is 0 Å². The molecular formula is C5H6Cl2N4O4S. The lowest BCUT2D eigenvalue weighted by Crippen LogP contribution is -2.37. The molecule has 1 aromatic rings. The van der Waals surface area contributed by atoms with Crippen molar-refractivity contribution in [2.24, 2.45) is 0 Å². The highest BCUT2D eigenvalue weighted by molar-refractivity contribution is 8.04. The first-order valence-corrected chi connectivity index (χ1v) is 6.16. The number of carbonyl (C=O) groups excluding carboxylic acids is 1. The minimum absolute atomic E-state index is 0.144. The van der Waals surface area contributed by atoms with Crippen LogP contribution in [0.1, 0.15) is 6.92 Å². The highest BCUT2D eigenvalue weighted by atomic mass is 35.7. The van der Waals surface area contributed by atoms with Gasteiger partial charge >= 0.3 is 11.7 Å². The van der Waals surface area contributed by atoms with Gasteiger partial charge in [-0.2, -0.15) is 9.76 Å². The summed E-state index contributed by atoms with van der Waals surface area (Å²) in [5.41, 5.74) is 0.920. The van der Waals surface area contributed by atoms with Gasteiger partial charge < -0.3 is 0 Å². The normalized spacial score (nSPS) is 12.4. The Hall–Kier alpha value is -0.900. The second kappa shape index (κ2) is 5.43. The van der Waals surface area contributed by atoms with Crippen molar-refractivity contribution in [1.29, 1.82) is 0 Å². The lowest BCUT2D eigenvalue weighted by Gasteiger charge is -1.98. The van der Waals surface area contributed by atoms with Gasteiger partial charge in [-0.15, -0.1) is 9.78 Å². The maximum atomic E-state index is 11.5. The molecule has 1 N–H and O–H groups in total. The average Bonchev–Trinajstić information content (AvgIpc) is 2.50. The maximum absolute atomic E-state index is 11.5. The van der Waals surface area contributed by atoms with E-state index < -0.39 is 22.0 Å². The van der Waals surface area contributed by atoms with Gasteiger partial charge in [0.2, 0.25) is 5.28 Å². The summed E-state index contributed by atoms with van der Waals surface area (Å²) < 4.78 is 15.9. The molecule has 1 heterocycles. The second-order valence-corrected chi connectivity index (χ2v) is 4.04. The lowest BCUT2D eigenvalue weighted by atomic mass is 10.7. The third-order valence-corrected chi connectivity index (χ3v) is 2.20. The quantitative estimate of drug-likeness (QED) is 0.625. The highest BCUT2D eigenvalue weighted by Crippen LogP contribution is 2.00. The van der Waals surface area contributed by atoms with E-state index in [1.54, 1.807) is 12.4 Å². The van der Waals surface area contributed by atoms with E-state index in [0.717, 1.165) is 4.57 Å². The fraction of sp³-hybridized carbons (Fsp3) is 0.400. The van der Waals surface area contributed by atoms with E-state index in [0.29, 0.717) is 4.68 Å². The minimum atomic E-state index is -2.21. The van der Waals surface area contributed by atoms with E-state index in [9.17, 15) is 13.8 Å². The SMILES string of the molecule is CCn1c(Cl)nn(C(=O)NOS(=O)Cl)c1=O. The molecule has 16 heavy (non-hydrogen) atoms. The van der Waals surface area contributed by atoms with Crippen LogP contribution in [-0.2, 0) is 21.1 Å². The van der Waals surface area contributed by atoms with Crippen LogP contribution in [0.3, 0.4) is 0 Å². The van der Waals surface area contributed by atoms with E-state index in [2.05, 4.69) is 9.38 Å². The molecule has 0 fully saturated rings. The number of aromatic nitrogens is 3. The fourth-order valence-corrected chi connectivity index (χ4v) is 1.38. The molecule has 0 bridgehead atoms. The molecule has 0 saturated carbocycles. The Kier molecular flexibility index (Phi) is 4.47. The maximum Gasteiger partial charge on any atom is 0.371 e. The van der Waals surface area contributed by atoms with Crippen molar-refractivity contribution in [3.05, 3.63) is 15.8 Å². The van der Waals surface area contributed by atoms with Crippen molar-refractivity contribution in [1.82, 2.24) is 19.8 Å². The van der Waals surface area contributed by atoms with Crippen molar-refractivity contribution < 1.29 is 13.3 Å². The van der Waals surface area contributed by atoms with Crippen LogP contribution in [0.25, 0.3) is 0 Å². The van der Waals surface area contributed by atoms with Crippen molar-refractivity contribution in [3.8, 4) is 0 Å². The number of rotatable bonds is 3. The van der Waals surface area contributed by atoms with Crippen LogP contribution in [-0.4, -0.2) is 24.6 Å². The second-order valence-electron chi connectivity index (χ2n) is 2.39. The minimum Gasteiger partial charge on any atom is -0.266 e. The Balaban J connectivity index is 2.93. The summed E-state index contributed by atoms with van der Waals surface area (Å²) in [6, 6.07) is -1.05. The van der Waals surface area contributed by atoms with Gasteiger partial charge in [0.1, 0.15) is 0 Å².